The molecule has 0 unspecified atom stereocenters. The third-order valence-corrected chi connectivity index (χ3v) is 5.59. The van der Waals surface area contributed by atoms with Crippen molar-refractivity contribution in [1.29, 1.82) is 0 Å². The van der Waals surface area contributed by atoms with E-state index in [1.54, 1.807) is 12.1 Å². The fourth-order valence-corrected chi connectivity index (χ4v) is 4.30. The second kappa shape index (κ2) is 5.93. The fourth-order valence-electron chi connectivity index (χ4n) is 2.62. The lowest BCUT2D eigenvalue weighted by atomic mass is 10.0. The van der Waals surface area contributed by atoms with Gasteiger partial charge in [-0.2, -0.15) is 0 Å². The number of benzene rings is 2. The van der Waals surface area contributed by atoms with Crippen molar-refractivity contribution in [2.24, 2.45) is 0 Å². The van der Waals surface area contributed by atoms with Gasteiger partial charge < -0.3 is 5.32 Å². The summed E-state index contributed by atoms with van der Waals surface area (Å²) in [6.45, 7) is 0. The number of rotatable bonds is 3. The molecule has 1 saturated heterocycles. The zero-order chi connectivity index (χ0) is 15.6. The van der Waals surface area contributed by atoms with Crippen LogP contribution in [0.3, 0.4) is 0 Å². The minimum atomic E-state index is -2.98. The van der Waals surface area contributed by atoms with Crippen molar-refractivity contribution in [3.8, 4) is 11.1 Å². The molecule has 1 amide bonds. The number of amides is 1. The smallest absolute Gasteiger partial charge is 0.251 e. The summed E-state index contributed by atoms with van der Waals surface area (Å²) < 4.78 is 22.8. The van der Waals surface area contributed by atoms with Crippen LogP contribution in [0.4, 0.5) is 0 Å². The normalized spacial score (nSPS) is 19.7. The Kier molecular flexibility index (Phi) is 3.98. The summed E-state index contributed by atoms with van der Waals surface area (Å²) in [6, 6.07) is 17.0. The molecule has 1 aliphatic rings. The van der Waals surface area contributed by atoms with Crippen LogP contribution in [0.25, 0.3) is 11.1 Å². The van der Waals surface area contributed by atoms with Gasteiger partial charge in [0, 0.05) is 11.6 Å². The van der Waals surface area contributed by atoms with Crippen LogP contribution < -0.4 is 5.32 Å². The molecule has 22 heavy (non-hydrogen) atoms. The van der Waals surface area contributed by atoms with Crippen LogP contribution in [0.5, 0.6) is 0 Å². The summed E-state index contributed by atoms with van der Waals surface area (Å²) in [7, 11) is -2.98. The SMILES string of the molecule is O=C(N[C@@H]1CCS(=O)(=O)C1)c1ccc(-c2ccccc2)cc1. The number of hydrogen-bond donors (Lipinski definition) is 1. The first-order chi connectivity index (χ1) is 10.5. The number of hydrogen-bond acceptors (Lipinski definition) is 3. The van der Waals surface area contributed by atoms with Gasteiger partial charge in [0.15, 0.2) is 9.84 Å². The lowest BCUT2D eigenvalue weighted by molar-refractivity contribution is 0.0941. The number of nitrogens with one attached hydrogen (secondary N) is 1. The van der Waals surface area contributed by atoms with E-state index in [1.807, 2.05) is 42.5 Å². The van der Waals surface area contributed by atoms with Gasteiger partial charge >= 0.3 is 0 Å². The highest BCUT2D eigenvalue weighted by Gasteiger charge is 2.29. The van der Waals surface area contributed by atoms with Gasteiger partial charge in [0.2, 0.25) is 0 Å². The molecule has 1 heterocycles. The lowest BCUT2D eigenvalue weighted by Gasteiger charge is -2.11. The summed E-state index contributed by atoms with van der Waals surface area (Å²) in [5, 5.41) is 2.79. The quantitative estimate of drug-likeness (QED) is 0.945. The fraction of sp³-hybridized carbons (Fsp3) is 0.235. The highest BCUT2D eigenvalue weighted by atomic mass is 32.2. The maximum atomic E-state index is 12.2. The van der Waals surface area contributed by atoms with Crippen LogP contribution in [0.15, 0.2) is 54.6 Å². The molecular formula is C17H17NO3S. The average molecular weight is 315 g/mol. The summed E-state index contributed by atoms with van der Waals surface area (Å²) in [5.74, 6) is -0.0205. The lowest BCUT2D eigenvalue weighted by Crippen LogP contribution is -2.35. The van der Waals surface area contributed by atoms with E-state index in [0.29, 0.717) is 12.0 Å². The average Bonchev–Trinajstić information content (AvgIpc) is 2.87. The van der Waals surface area contributed by atoms with Crippen molar-refractivity contribution in [2.45, 2.75) is 12.5 Å². The standard InChI is InChI=1S/C17H17NO3S/c19-17(18-16-10-11-22(20,21)12-16)15-8-6-14(7-9-15)13-4-2-1-3-5-13/h1-9,16H,10-12H2,(H,18,19)/t16-/m1/s1. The molecule has 2 aromatic carbocycles. The summed E-state index contributed by atoms with van der Waals surface area (Å²) in [4.78, 5) is 12.2. The number of sulfone groups is 1. The van der Waals surface area contributed by atoms with Gasteiger partial charge in [-0.1, -0.05) is 42.5 Å². The molecular weight excluding hydrogens is 298 g/mol. The Bertz CT molecular complexity index is 767. The first kappa shape index (κ1) is 14.8. The predicted molar refractivity (Wildman–Crippen MR) is 86.4 cm³/mol. The molecule has 0 bridgehead atoms. The largest absolute Gasteiger partial charge is 0.348 e. The summed E-state index contributed by atoms with van der Waals surface area (Å²) in [5.41, 5.74) is 2.68. The predicted octanol–water partition coefficient (Wildman–Crippen LogP) is 2.27. The van der Waals surface area contributed by atoms with E-state index in [4.69, 9.17) is 0 Å². The molecule has 0 spiro atoms. The van der Waals surface area contributed by atoms with Crippen LogP contribution >= 0.6 is 0 Å². The van der Waals surface area contributed by atoms with Crippen molar-refractivity contribution in [3.63, 3.8) is 0 Å². The molecule has 1 N–H and O–H groups in total. The van der Waals surface area contributed by atoms with Crippen LogP contribution in [-0.2, 0) is 9.84 Å². The molecule has 3 rings (SSSR count). The molecule has 0 saturated carbocycles. The van der Waals surface area contributed by atoms with Crippen molar-refractivity contribution in [2.75, 3.05) is 11.5 Å². The zero-order valence-electron chi connectivity index (χ0n) is 12.0. The number of carbonyl (C=O) groups excluding carboxylic acids is 1. The van der Waals surface area contributed by atoms with E-state index in [2.05, 4.69) is 5.32 Å². The summed E-state index contributed by atoms with van der Waals surface area (Å²) in [6.07, 6.45) is 0.496. The van der Waals surface area contributed by atoms with Crippen molar-refractivity contribution in [3.05, 3.63) is 60.2 Å². The topological polar surface area (TPSA) is 63.2 Å². The first-order valence-corrected chi connectivity index (χ1v) is 9.02. The van der Waals surface area contributed by atoms with E-state index in [-0.39, 0.29) is 23.5 Å². The van der Waals surface area contributed by atoms with Crippen LogP contribution in [-0.4, -0.2) is 31.9 Å². The van der Waals surface area contributed by atoms with Crippen molar-refractivity contribution >= 4 is 15.7 Å². The second-order valence-electron chi connectivity index (χ2n) is 5.52. The van der Waals surface area contributed by atoms with E-state index in [1.165, 1.54) is 0 Å². The Morgan fingerprint density at radius 1 is 0.955 bits per heavy atom. The van der Waals surface area contributed by atoms with Gasteiger partial charge in [-0.05, 0) is 29.7 Å². The Balaban J connectivity index is 1.69. The maximum Gasteiger partial charge on any atom is 0.251 e. The minimum absolute atomic E-state index is 0.0425. The molecule has 1 fully saturated rings. The van der Waals surface area contributed by atoms with Gasteiger partial charge in [0.25, 0.3) is 5.91 Å². The summed E-state index contributed by atoms with van der Waals surface area (Å²) >= 11 is 0. The monoisotopic (exact) mass is 315 g/mol. The molecule has 4 nitrogen and oxygen atoms in total. The highest BCUT2D eigenvalue weighted by molar-refractivity contribution is 7.91. The van der Waals surface area contributed by atoms with Gasteiger partial charge in [0.05, 0.1) is 11.5 Å². The molecule has 1 atom stereocenters. The van der Waals surface area contributed by atoms with Crippen molar-refractivity contribution in [1.82, 2.24) is 5.32 Å². The van der Waals surface area contributed by atoms with Gasteiger partial charge in [-0.3, -0.25) is 4.79 Å². The molecule has 5 heteroatoms. The van der Waals surface area contributed by atoms with Crippen LogP contribution in [0, 0.1) is 0 Å². The minimum Gasteiger partial charge on any atom is -0.348 e. The number of carbonyl (C=O) groups is 1. The first-order valence-electron chi connectivity index (χ1n) is 7.20. The third kappa shape index (κ3) is 3.36. The van der Waals surface area contributed by atoms with Crippen molar-refractivity contribution < 1.29 is 13.2 Å². The van der Waals surface area contributed by atoms with E-state index >= 15 is 0 Å². The van der Waals surface area contributed by atoms with E-state index in [0.717, 1.165) is 11.1 Å². The molecule has 0 radical (unpaired) electrons. The highest BCUT2D eigenvalue weighted by Crippen LogP contribution is 2.19. The molecule has 1 aliphatic heterocycles. The Morgan fingerprint density at radius 2 is 1.59 bits per heavy atom. The van der Waals surface area contributed by atoms with Crippen LogP contribution in [0.2, 0.25) is 0 Å². The Morgan fingerprint density at radius 3 is 2.18 bits per heavy atom. The van der Waals surface area contributed by atoms with E-state index < -0.39 is 9.84 Å². The maximum absolute atomic E-state index is 12.2. The molecule has 114 valence electrons. The van der Waals surface area contributed by atoms with E-state index in [9.17, 15) is 13.2 Å². The van der Waals surface area contributed by atoms with Gasteiger partial charge in [0.1, 0.15) is 0 Å². The Hall–Kier alpha value is -2.14. The van der Waals surface area contributed by atoms with Crippen LogP contribution in [0.1, 0.15) is 16.8 Å². The van der Waals surface area contributed by atoms with Gasteiger partial charge in [-0.15, -0.1) is 0 Å². The Labute approximate surface area is 130 Å². The molecule has 0 aliphatic carbocycles. The second-order valence-corrected chi connectivity index (χ2v) is 7.75. The molecule has 2 aromatic rings. The third-order valence-electron chi connectivity index (χ3n) is 3.82. The molecule has 0 aromatic heterocycles. The van der Waals surface area contributed by atoms with Gasteiger partial charge in [-0.25, -0.2) is 8.42 Å². The zero-order valence-corrected chi connectivity index (χ0v) is 12.8.